The average Bonchev–Trinajstić information content (AvgIpc) is 3.01. The fourth-order valence-electron chi connectivity index (χ4n) is 4.66. The summed E-state index contributed by atoms with van der Waals surface area (Å²) >= 11 is 0. The molecule has 1 saturated carbocycles. The highest BCUT2D eigenvalue weighted by atomic mass is 16.5. The van der Waals surface area contributed by atoms with Gasteiger partial charge in [0.05, 0.1) is 12.2 Å². The van der Waals surface area contributed by atoms with E-state index >= 15 is 0 Å². The predicted octanol–water partition coefficient (Wildman–Crippen LogP) is 3.19. The van der Waals surface area contributed by atoms with Crippen LogP contribution in [0.3, 0.4) is 0 Å². The number of aromatic nitrogens is 1. The highest BCUT2D eigenvalue weighted by Crippen LogP contribution is 2.43. The number of ether oxygens (including phenoxy) is 2. The van der Waals surface area contributed by atoms with Crippen molar-refractivity contribution in [1.82, 2.24) is 9.88 Å². The minimum absolute atomic E-state index is 0.0174. The van der Waals surface area contributed by atoms with Crippen LogP contribution >= 0.6 is 0 Å². The van der Waals surface area contributed by atoms with Gasteiger partial charge in [-0.05, 0) is 62.1 Å². The minimum atomic E-state index is -0.0174. The lowest BCUT2D eigenvalue weighted by Crippen LogP contribution is -2.51. The van der Waals surface area contributed by atoms with Crippen molar-refractivity contribution in [2.75, 3.05) is 26.3 Å². The van der Waals surface area contributed by atoms with Crippen LogP contribution in [0, 0.1) is 11.8 Å². The van der Waals surface area contributed by atoms with Crippen LogP contribution in [-0.2, 0) is 20.9 Å². The smallest absolute Gasteiger partial charge is 0.225 e. The molecule has 1 amide bonds. The molecule has 1 aliphatic carbocycles. The Bertz CT molecular complexity index is 595. The van der Waals surface area contributed by atoms with E-state index in [1.165, 1.54) is 12.0 Å². The molecule has 3 fully saturated rings. The maximum atomic E-state index is 12.5. The van der Waals surface area contributed by atoms with Gasteiger partial charge in [0.1, 0.15) is 0 Å². The monoisotopic (exact) mass is 358 g/mol. The molecule has 0 aromatic carbocycles. The summed E-state index contributed by atoms with van der Waals surface area (Å²) in [6, 6.07) is 3.99. The van der Waals surface area contributed by atoms with Crippen molar-refractivity contribution >= 4 is 5.91 Å². The Morgan fingerprint density at radius 2 is 2.00 bits per heavy atom. The van der Waals surface area contributed by atoms with Crippen molar-refractivity contribution < 1.29 is 14.3 Å². The number of hydrogen-bond acceptors (Lipinski definition) is 4. The number of nitrogens with zero attached hydrogens (tertiary/aromatic N) is 2. The molecule has 1 spiro atoms. The zero-order valence-corrected chi connectivity index (χ0v) is 15.6. The van der Waals surface area contributed by atoms with Crippen molar-refractivity contribution in [3.05, 3.63) is 30.1 Å². The van der Waals surface area contributed by atoms with Crippen LogP contribution in [0.1, 0.15) is 50.5 Å². The van der Waals surface area contributed by atoms with Gasteiger partial charge < -0.3 is 14.4 Å². The van der Waals surface area contributed by atoms with Gasteiger partial charge in [0.25, 0.3) is 0 Å². The van der Waals surface area contributed by atoms with E-state index in [1.807, 2.05) is 12.1 Å². The zero-order chi connectivity index (χ0) is 17.8. The average molecular weight is 358 g/mol. The first-order valence-corrected chi connectivity index (χ1v) is 10.2. The maximum Gasteiger partial charge on any atom is 0.225 e. The quantitative estimate of drug-likeness (QED) is 0.733. The van der Waals surface area contributed by atoms with E-state index in [0.717, 1.165) is 64.8 Å². The van der Waals surface area contributed by atoms with Gasteiger partial charge >= 0.3 is 0 Å². The molecule has 0 radical (unpaired) electrons. The van der Waals surface area contributed by atoms with Gasteiger partial charge in [-0.15, -0.1) is 0 Å². The lowest BCUT2D eigenvalue weighted by atomic mass is 9.77. The van der Waals surface area contributed by atoms with Gasteiger partial charge in [0.15, 0.2) is 0 Å². The zero-order valence-electron chi connectivity index (χ0n) is 15.6. The maximum absolute atomic E-state index is 12.5. The van der Waals surface area contributed by atoms with E-state index < -0.39 is 0 Å². The Kier molecular flexibility index (Phi) is 5.55. The summed E-state index contributed by atoms with van der Waals surface area (Å²) in [6.45, 7) is 3.99. The third kappa shape index (κ3) is 3.79. The number of rotatable bonds is 6. The Morgan fingerprint density at radius 1 is 1.23 bits per heavy atom. The molecule has 2 aliphatic heterocycles. The van der Waals surface area contributed by atoms with E-state index in [1.54, 1.807) is 12.4 Å². The summed E-state index contributed by atoms with van der Waals surface area (Å²) in [5.41, 5.74) is 1.15. The van der Waals surface area contributed by atoms with E-state index in [9.17, 15) is 4.79 Å². The normalized spacial score (nSPS) is 25.4. The molecular weight excluding hydrogens is 328 g/mol. The van der Waals surface area contributed by atoms with Crippen molar-refractivity contribution in [1.29, 1.82) is 0 Å². The number of carbonyl (C=O) groups is 1. The summed E-state index contributed by atoms with van der Waals surface area (Å²) in [6.07, 6.45) is 11.1. The Hall–Kier alpha value is -1.46. The van der Waals surface area contributed by atoms with Crippen LogP contribution in [0.4, 0.5) is 0 Å². The summed E-state index contributed by atoms with van der Waals surface area (Å²) in [7, 11) is 0. The van der Waals surface area contributed by atoms with Gasteiger partial charge in [-0.2, -0.15) is 0 Å². The highest BCUT2D eigenvalue weighted by Gasteiger charge is 2.47. The van der Waals surface area contributed by atoms with Crippen LogP contribution in [-0.4, -0.2) is 47.7 Å². The molecule has 0 unspecified atom stereocenters. The van der Waals surface area contributed by atoms with Crippen molar-refractivity contribution in [3.63, 3.8) is 0 Å². The second-order valence-electron chi connectivity index (χ2n) is 8.05. The summed E-state index contributed by atoms with van der Waals surface area (Å²) in [4.78, 5) is 18.6. The van der Waals surface area contributed by atoms with Gasteiger partial charge in [0.2, 0.25) is 5.91 Å². The fourth-order valence-corrected chi connectivity index (χ4v) is 4.66. The standard InChI is InChI=1S/C21H30N2O3/c24-20(18-2-1-3-18)23-12-8-21(9-13-23)19(7-15-26-21)6-14-25-16-17-4-10-22-11-5-17/h4-5,10-11,18-19H,1-3,6-9,12-16H2/t19-/m0/s1. The molecule has 142 valence electrons. The molecule has 26 heavy (non-hydrogen) atoms. The first kappa shape index (κ1) is 17.9. The molecule has 3 aliphatic rings. The van der Waals surface area contributed by atoms with Crippen molar-refractivity contribution in [3.8, 4) is 0 Å². The Labute approximate surface area is 156 Å². The molecule has 5 nitrogen and oxygen atoms in total. The molecule has 0 bridgehead atoms. The van der Waals surface area contributed by atoms with Gasteiger partial charge in [-0.3, -0.25) is 9.78 Å². The van der Waals surface area contributed by atoms with Crippen LogP contribution < -0.4 is 0 Å². The molecule has 0 N–H and O–H groups in total. The highest BCUT2D eigenvalue weighted by molar-refractivity contribution is 5.79. The SMILES string of the molecule is O=C(C1CCC1)N1CCC2(CC1)OCC[C@@H]2CCOCc1ccncc1. The van der Waals surface area contributed by atoms with Gasteiger partial charge in [-0.1, -0.05) is 6.42 Å². The summed E-state index contributed by atoms with van der Waals surface area (Å²) in [5, 5.41) is 0. The van der Waals surface area contributed by atoms with E-state index in [4.69, 9.17) is 9.47 Å². The second kappa shape index (κ2) is 8.05. The molecule has 1 aromatic heterocycles. The molecule has 1 aromatic rings. The van der Waals surface area contributed by atoms with Gasteiger partial charge in [0, 0.05) is 44.6 Å². The Morgan fingerprint density at radius 3 is 2.69 bits per heavy atom. The first-order valence-electron chi connectivity index (χ1n) is 10.2. The molecular formula is C21H30N2O3. The number of hydrogen-bond donors (Lipinski definition) is 0. The Balaban J connectivity index is 1.23. The third-order valence-electron chi connectivity index (χ3n) is 6.60. The predicted molar refractivity (Wildman–Crippen MR) is 98.5 cm³/mol. The molecule has 5 heteroatoms. The van der Waals surface area contributed by atoms with Crippen LogP contribution in [0.25, 0.3) is 0 Å². The van der Waals surface area contributed by atoms with Crippen molar-refractivity contribution in [2.45, 2.75) is 57.2 Å². The number of pyridine rings is 1. The van der Waals surface area contributed by atoms with E-state index in [2.05, 4.69) is 9.88 Å². The fraction of sp³-hybridized carbons (Fsp3) is 0.714. The third-order valence-corrected chi connectivity index (χ3v) is 6.60. The van der Waals surface area contributed by atoms with E-state index in [-0.39, 0.29) is 5.60 Å². The van der Waals surface area contributed by atoms with E-state index in [0.29, 0.717) is 24.3 Å². The topological polar surface area (TPSA) is 51.7 Å². The van der Waals surface area contributed by atoms with Crippen LogP contribution in [0.5, 0.6) is 0 Å². The molecule has 1 atom stereocenters. The number of piperidine rings is 1. The molecule has 3 heterocycles. The minimum Gasteiger partial charge on any atom is -0.377 e. The second-order valence-corrected chi connectivity index (χ2v) is 8.05. The number of carbonyl (C=O) groups excluding carboxylic acids is 1. The molecule has 4 rings (SSSR count). The lowest BCUT2D eigenvalue weighted by Gasteiger charge is -2.43. The summed E-state index contributed by atoms with van der Waals surface area (Å²) < 4.78 is 12.1. The number of amides is 1. The number of likely N-dealkylation sites (tertiary alicyclic amines) is 1. The van der Waals surface area contributed by atoms with Crippen LogP contribution in [0.15, 0.2) is 24.5 Å². The molecule has 2 saturated heterocycles. The largest absolute Gasteiger partial charge is 0.377 e. The van der Waals surface area contributed by atoms with Crippen LogP contribution in [0.2, 0.25) is 0 Å². The van der Waals surface area contributed by atoms with Gasteiger partial charge in [-0.25, -0.2) is 0 Å². The van der Waals surface area contributed by atoms with Crippen molar-refractivity contribution in [2.24, 2.45) is 11.8 Å². The lowest BCUT2D eigenvalue weighted by molar-refractivity contribution is -0.144. The summed E-state index contributed by atoms with van der Waals surface area (Å²) in [5.74, 6) is 1.26. The first-order chi connectivity index (χ1) is 12.8.